The molecule has 55 heavy (non-hydrogen) atoms. The van der Waals surface area contributed by atoms with Gasteiger partial charge in [-0.15, -0.1) is 0 Å². The van der Waals surface area contributed by atoms with Gasteiger partial charge in [0.25, 0.3) is 0 Å². The van der Waals surface area contributed by atoms with Crippen LogP contribution < -0.4 is 10.1 Å². The molecule has 0 bridgehead atoms. The number of nitrogens with zero attached hydrogens (tertiary/aromatic N) is 1. The lowest BCUT2D eigenvalue weighted by Gasteiger charge is -2.19. The largest absolute Gasteiger partial charge is 0.459 e. The summed E-state index contributed by atoms with van der Waals surface area (Å²) >= 11 is 0. The number of hydrogen-bond acceptors (Lipinski definition) is 7. The fraction of sp³-hybridized carbons (Fsp3) is 0.261. The monoisotopic (exact) mass is 740 g/mol. The number of ether oxygens (including phenoxy) is 3. The third kappa shape index (κ3) is 12.2. The van der Waals surface area contributed by atoms with Crippen LogP contribution in [0.25, 0.3) is 17.0 Å². The molecule has 1 heterocycles. The van der Waals surface area contributed by atoms with Crippen LogP contribution in [0.5, 0.6) is 5.75 Å². The number of para-hydroxylation sites is 1. The van der Waals surface area contributed by atoms with Crippen LogP contribution in [0.3, 0.4) is 0 Å². The summed E-state index contributed by atoms with van der Waals surface area (Å²) in [6.07, 6.45) is 7.53. The Morgan fingerprint density at radius 3 is 2.18 bits per heavy atom. The summed E-state index contributed by atoms with van der Waals surface area (Å²) in [5.74, 6) is -1.00. The first kappa shape index (κ1) is 40.0. The molecular weight excluding hydrogens is 693 g/mol. The Balaban J connectivity index is 1.35. The topological polar surface area (TPSA) is 113 Å². The number of benzene rings is 4. The summed E-state index contributed by atoms with van der Waals surface area (Å²) < 4.78 is 18.5. The molecule has 4 aromatic carbocycles. The van der Waals surface area contributed by atoms with Crippen molar-refractivity contribution < 1.29 is 33.4 Å². The predicted molar refractivity (Wildman–Crippen MR) is 214 cm³/mol. The molecule has 0 aliphatic carbocycles. The summed E-state index contributed by atoms with van der Waals surface area (Å²) in [5.41, 5.74) is 5.03. The van der Waals surface area contributed by atoms with Gasteiger partial charge in [0.05, 0.1) is 5.52 Å². The maximum atomic E-state index is 13.6. The summed E-state index contributed by atoms with van der Waals surface area (Å²) in [4.78, 5) is 53.0. The van der Waals surface area contributed by atoms with Crippen molar-refractivity contribution in [1.29, 1.82) is 0 Å². The minimum Gasteiger partial charge on any atom is -0.459 e. The fourth-order valence-electron chi connectivity index (χ4n) is 5.85. The fourth-order valence-corrected chi connectivity index (χ4v) is 5.85. The highest BCUT2D eigenvalue weighted by molar-refractivity contribution is 5.96. The Labute approximate surface area is 322 Å². The molecule has 0 radical (unpaired) electrons. The molecule has 9 nitrogen and oxygen atoms in total. The van der Waals surface area contributed by atoms with Gasteiger partial charge in [0, 0.05) is 30.5 Å². The van der Waals surface area contributed by atoms with E-state index in [9.17, 15) is 19.2 Å². The molecule has 1 atom stereocenters. The molecule has 0 aliphatic rings. The third-order valence-corrected chi connectivity index (χ3v) is 8.56. The van der Waals surface area contributed by atoms with E-state index >= 15 is 0 Å². The summed E-state index contributed by atoms with van der Waals surface area (Å²) in [5, 5.41) is 3.57. The lowest BCUT2D eigenvalue weighted by atomic mass is 10.0. The van der Waals surface area contributed by atoms with Crippen molar-refractivity contribution in [3.63, 3.8) is 0 Å². The van der Waals surface area contributed by atoms with Gasteiger partial charge in [-0.05, 0) is 99.6 Å². The second-order valence-corrected chi connectivity index (χ2v) is 14.5. The highest BCUT2D eigenvalue weighted by atomic mass is 16.6. The van der Waals surface area contributed by atoms with Crippen molar-refractivity contribution in [3.8, 4) is 5.75 Å². The maximum absolute atomic E-state index is 13.6. The van der Waals surface area contributed by atoms with E-state index in [-0.39, 0.29) is 25.4 Å². The minimum atomic E-state index is -1.08. The Morgan fingerprint density at radius 2 is 1.49 bits per heavy atom. The first-order valence-corrected chi connectivity index (χ1v) is 18.4. The average Bonchev–Trinajstić information content (AvgIpc) is 3.53. The zero-order valence-electron chi connectivity index (χ0n) is 32.0. The molecule has 0 fully saturated rings. The highest BCUT2D eigenvalue weighted by Crippen LogP contribution is 2.26. The van der Waals surface area contributed by atoms with Gasteiger partial charge in [-0.2, -0.15) is 0 Å². The van der Waals surface area contributed by atoms with E-state index in [0.717, 1.165) is 27.6 Å². The second-order valence-electron chi connectivity index (χ2n) is 14.5. The van der Waals surface area contributed by atoms with Gasteiger partial charge in [-0.1, -0.05) is 96.6 Å². The van der Waals surface area contributed by atoms with E-state index in [2.05, 4.69) is 5.32 Å². The minimum absolute atomic E-state index is 0.0270. The number of esters is 2. The molecule has 0 aliphatic heterocycles. The zero-order valence-corrected chi connectivity index (χ0v) is 32.0. The summed E-state index contributed by atoms with van der Waals surface area (Å²) in [6, 6.07) is 30.7. The lowest BCUT2D eigenvalue weighted by molar-refractivity contribution is -0.148. The number of aryl methyl sites for hydroxylation is 1. The Kier molecular flexibility index (Phi) is 13.6. The van der Waals surface area contributed by atoms with Crippen LogP contribution in [0.1, 0.15) is 68.9 Å². The molecule has 1 N–H and O–H groups in total. The van der Waals surface area contributed by atoms with Crippen molar-refractivity contribution in [1.82, 2.24) is 9.88 Å². The molecule has 9 heteroatoms. The van der Waals surface area contributed by atoms with Crippen LogP contribution in [-0.2, 0) is 49.7 Å². The van der Waals surface area contributed by atoms with E-state index in [0.29, 0.717) is 35.2 Å². The van der Waals surface area contributed by atoms with Gasteiger partial charge in [-0.25, -0.2) is 9.59 Å². The first-order chi connectivity index (χ1) is 26.3. The number of fused-ring (bicyclic) bond motifs is 1. The highest BCUT2D eigenvalue weighted by Gasteiger charge is 2.26. The van der Waals surface area contributed by atoms with Crippen molar-refractivity contribution >= 4 is 40.9 Å². The van der Waals surface area contributed by atoms with Crippen LogP contribution >= 0.6 is 0 Å². The molecule has 0 spiro atoms. The quantitative estimate of drug-likeness (QED) is 0.0524. The number of hydrogen-bond donors (Lipinski definition) is 1. The van der Waals surface area contributed by atoms with Crippen LogP contribution in [0.4, 0.5) is 4.79 Å². The van der Waals surface area contributed by atoms with Crippen molar-refractivity contribution in [2.24, 2.45) is 0 Å². The molecule has 0 unspecified atom stereocenters. The number of carbonyl (C=O) groups is 4. The van der Waals surface area contributed by atoms with Gasteiger partial charge < -0.3 is 19.5 Å². The Bertz CT molecular complexity index is 2170. The molecule has 0 saturated carbocycles. The van der Waals surface area contributed by atoms with Gasteiger partial charge in [0.15, 0.2) is 0 Å². The second kappa shape index (κ2) is 18.7. The predicted octanol–water partition coefficient (Wildman–Crippen LogP) is 8.96. The van der Waals surface area contributed by atoms with Crippen LogP contribution in [-0.4, -0.2) is 40.1 Å². The third-order valence-electron chi connectivity index (χ3n) is 8.56. The van der Waals surface area contributed by atoms with Gasteiger partial charge in [0.2, 0.25) is 5.91 Å². The van der Waals surface area contributed by atoms with Crippen molar-refractivity contribution in [2.75, 3.05) is 0 Å². The van der Waals surface area contributed by atoms with E-state index in [1.807, 2.05) is 105 Å². The van der Waals surface area contributed by atoms with Gasteiger partial charge in [0.1, 0.15) is 24.0 Å². The lowest BCUT2D eigenvalue weighted by Crippen LogP contribution is -2.42. The smallest absolute Gasteiger partial charge is 0.419 e. The molecule has 0 saturated heterocycles. The standard InChI is InChI=1S/C46H48N2O7/c1-32(2)20-24-36-28-34(21-25-41(36)54-43(50)27-23-33-14-8-6-9-15-33)22-26-42(49)47-39(44(51)53-31-35-16-10-7-11-17-35)29-37-30-48(45(52)55-46(3,4)5)40-19-13-12-18-38(37)40/h6-22,25-26,28,30,39H,23-24,27,29,31H2,1-5H3,(H,47,49)/b26-22+/t39-/m0/s1. The van der Waals surface area contributed by atoms with E-state index in [4.69, 9.17) is 14.2 Å². The summed E-state index contributed by atoms with van der Waals surface area (Å²) in [7, 11) is 0. The van der Waals surface area contributed by atoms with Crippen LogP contribution in [0, 0.1) is 0 Å². The number of amides is 1. The number of allylic oxidation sites excluding steroid dienone is 2. The number of rotatable bonds is 14. The van der Waals surface area contributed by atoms with E-state index < -0.39 is 29.6 Å². The zero-order chi connectivity index (χ0) is 39.4. The van der Waals surface area contributed by atoms with E-state index in [1.165, 1.54) is 10.6 Å². The molecular formula is C46H48N2O7. The average molecular weight is 741 g/mol. The molecule has 1 aromatic heterocycles. The van der Waals surface area contributed by atoms with Crippen molar-refractivity contribution in [2.45, 2.75) is 78.6 Å². The van der Waals surface area contributed by atoms with Gasteiger partial charge in [-0.3, -0.25) is 14.2 Å². The SMILES string of the molecule is CC(C)=CCc1cc(/C=C/C(=O)N[C@@H](Cc2cn(C(=O)OC(C)(C)C)c3ccccc23)C(=O)OCc2ccccc2)ccc1OC(=O)CCc1ccccc1. The normalized spacial score (nSPS) is 11.9. The van der Waals surface area contributed by atoms with Crippen LogP contribution in [0.2, 0.25) is 0 Å². The molecule has 5 aromatic rings. The first-order valence-electron chi connectivity index (χ1n) is 18.4. The molecule has 1 amide bonds. The summed E-state index contributed by atoms with van der Waals surface area (Å²) in [6.45, 7) is 9.40. The number of nitrogens with one attached hydrogen (secondary N) is 1. The Morgan fingerprint density at radius 1 is 0.818 bits per heavy atom. The number of carbonyl (C=O) groups excluding carboxylic acids is 4. The van der Waals surface area contributed by atoms with Gasteiger partial charge >= 0.3 is 18.0 Å². The molecule has 284 valence electrons. The van der Waals surface area contributed by atoms with E-state index in [1.54, 1.807) is 51.2 Å². The van der Waals surface area contributed by atoms with Crippen molar-refractivity contribution in [3.05, 3.63) is 155 Å². The van der Waals surface area contributed by atoms with Crippen LogP contribution in [0.15, 0.2) is 127 Å². The number of aromatic nitrogens is 1. The Hall–Kier alpha value is -6.22. The maximum Gasteiger partial charge on any atom is 0.419 e. The molecule has 5 rings (SSSR count).